The van der Waals surface area contributed by atoms with Crippen LogP contribution >= 0.6 is 11.3 Å². The molecule has 0 amide bonds. The van der Waals surface area contributed by atoms with Gasteiger partial charge < -0.3 is 4.74 Å². The fourth-order valence-electron chi connectivity index (χ4n) is 2.93. The fraction of sp³-hybridized carbons (Fsp3) is 0.368. The van der Waals surface area contributed by atoms with Crippen LogP contribution in [-0.2, 0) is 24.9 Å². The summed E-state index contributed by atoms with van der Waals surface area (Å²) in [5.41, 5.74) is 4.33. The van der Waals surface area contributed by atoms with Crippen LogP contribution in [0.5, 0.6) is 5.75 Å². The molecule has 1 aromatic carbocycles. The van der Waals surface area contributed by atoms with Crippen LogP contribution in [0.2, 0.25) is 0 Å². The second-order valence-electron chi connectivity index (χ2n) is 6.13. The van der Waals surface area contributed by atoms with E-state index in [-0.39, 0.29) is 5.78 Å². The minimum atomic E-state index is 0.279. The highest BCUT2D eigenvalue weighted by molar-refractivity contribution is 7.17. The molecule has 0 saturated carbocycles. The predicted molar refractivity (Wildman–Crippen MR) is 97.8 cm³/mol. The Morgan fingerprint density at radius 3 is 2.75 bits per heavy atom. The Balaban J connectivity index is 1.83. The highest BCUT2D eigenvalue weighted by Gasteiger charge is 2.12. The van der Waals surface area contributed by atoms with Gasteiger partial charge in [0.25, 0.3) is 0 Å². The van der Waals surface area contributed by atoms with Gasteiger partial charge in [-0.15, -0.1) is 11.3 Å². The van der Waals surface area contributed by atoms with Crippen molar-refractivity contribution in [1.82, 2.24) is 9.78 Å². The molecule has 0 radical (unpaired) electrons. The number of hydrogen-bond acceptors (Lipinski definition) is 4. The first-order valence-electron chi connectivity index (χ1n) is 8.12. The number of thiophene rings is 1. The Hall–Kier alpha value is -2.14. The third-order valence-electron chi connectivity index (χ3n) is 4.19. The SMILES string of the molecule is CCC(=O)Cc1csc2cc(OCc3cc(C)nn3C)cc(C)c12. The van der Waals surface area contributed by atoms with Crippen LogP contribution in [0.1, 0.15) is 35.9 Å². The van der Waals surface area contributed by atoms with Crippen LogP contribution in [0, 0.1) is 13.8 Å². The van der Waals surface area contributed by atoms with Gasteiger partial charge in [-0.05, 0) is 53.9 Å². The number of nitrogens with zero attached hydrogens (tertiary/aromatic N) is 2. The molecule has 126 valence electrons. The van der Waals surface area contributed by atoms with Gasteiger partial charge in [-0.25, -0.2) is 0 Å². The normalized spacial score (nSPS) is 11.2. The number of carbonyl (C=O) groups excluding carboxylic acids is 1. The molecule has 3 aromatic rings. The Bertz CT molecular complexity index is 892. The van der Waals surface area contributed by atoms with Crippen LogP contribution in [0.3, 0.4) is 0 Å². The van der Waals surface area contributed by atoms with Crippen LogP contribution in [0.15, 0.2) is 23.6 Å². The molecule has 0 aliphatic heterocycles. The largest absolute Gasteiger partial charge is 0.487 e. The third kappa shape index (κ3) is 3.36. The van der Waals surface area contributed by atoms with Crippen molar-refractivity contribution in [2.45, 2.75) is 40.2 Å². The quantitative estimate of drug-likeness (QED) is 0.669. The van der Waals surface area contributed by atoms with Crippen molar-refractivity contribution in [1.29, 1.82) is 0 Å². The third-order valence-corrected chi connectivity index (χ3v) is 5.17. The molecule has 0 bridgehead atoms. The fourth-order valence-corrected chi connectivity index (χ4v) is 3.99. The van der Waals surface area contributed by atoms with E-state index >= 15 is 0 Å². The second kappa shape index (κ2) is 6.77. The number of fused-ring (bicyclic) bond motifs is 1. The minimum absolute atomic E-state index is 0.279. The lowest BCUT2D eigenvalue weighted by Crippen LogP contribution is -2.03. The molecule has 0 spiro atoms. The molecular formula is C19H22N2O2S. The first-order chi connectivity index (χ1) is 11.5. The van der Waals surface area contributed by atoms with Gasteiger partial charge in [-0.2, -0.15) is 5.10 Å². The summed E-state index contributed by atoms with van der Waals surface area (Å²) in [4.78, 5) is 11.8. The van der Waals surface area contributed by atoms with E-state index in [0.717, 1.165) is 28.3 Å². The Labute approximate surface area is 146 Å². The van der Waals surface area contributed by atoms with E-state index < -0.39 is 0 Å². The molecule has 0 aliphatic carbocycles. The molecule has 0 fully saturated rings. The summed E-state index contributed by atoms with van der Waals surface area (Å²) in [5.74, 6) is 1.13. The average molecular weight is 342 g/mol. The number of aryl methyl sites for hydroxylation is 3. The summed E-state index contributed by atoms with van der Waals surface area (Å²) in [6.45, 7) is 6.46. The van der Waals surface area contributed by atoms with Crippen molar-refractivity contribution in [2.24, 2.45) is 7.05 Å². The highest BCUT2D eigenvalue weighted by atomic mass is 32.1. The molecule has 0 N–H and O–H groups in total. The lowest BCUT2D eigenvalue weighted by atomic mass is 10.0. The zero-order valence-electron chi connectivity index (χ0n) is 14.5. The summed E-state index contributed by atoms with van der Waals surface area (Å²) in [7, 11) is 1.93. The number of carbonyl (C=O) groups is 1. The Morgan fingerprint density at radius 1 is 1.29 bits per heavy atom. The van der Waals surface area contributed by atoms with Gasteiger partial charge in [0.05, 0.1) is 11.4 Å². The van der Waals surface area contributed by atoms with Gasteiger partial charge in [0.1, 0.15) is 18.1 Å². The van der Waals surface area contributed by atoms with Crippen LogP contribution in [0.4, 0.5) is 0 Å². The molecule has 0 saturated heterocycles. The van der Waals surface area contributed by atoms with Crippen LogP contribution in [-0.4, -0.2) is 15.6 Å². The van der Waals surface area contributed by atoms with Gasteiger partial charge in [0.15, 0.2) is 0 Å². The maximum atomic E-state index is 11.8. The average Bonchev–Trinajstić information content (AvgIpc) is 3.08. The first-order valence-corrected chi connectivity index (χ1v) is 9.00. The molecule has 5 heteroatoms. The smallest absolute Gasteiger partial charge is 0.137 e. The topological polar surface area (TPSA) is 44.1 Å². The van der Waals surface area contributed by atoms with E-state index in [4.69, 9.17) is 4.74 Å². The van der Waals surface area contributed by atoms with Crippen molar-refractivity contribution >= 4 is 27.2 Å². The molecule has 0 aliphatic rings. The standard InChI is InChI=1S/C19H22N2O2S/c1-5-16(22)8-14-11-24-18-9-17(6-12(2)19(14)18)23-10-15-7-13(3)20-21(15)4/h6-7,9,11H,5,8,10H2,1-4H3. The number of benzene rings is 1. The predicted octanol–water partition coefficient (Wildman–Crippen LogP) is 4.35. The first kappa shape index (κ1) is 16.7. The second-order valence-corrected chi connectivity index (χ2v) is 7.04. The molecule has 3 rings (SSSR count). The summed E-state index contributed by atoms with van der Waals surface area (Å²) in [6, 6.07) is 6.15. The Kier molecular flexibility index (Phi) is 4.71. The van der Waals surface area contributed by atoms with Gasteiger partial charge >= 0.3 is 0 Å². The van der Waals surface area contributed by atoms with Crippen molar-refractivity contribution in [3.63, 3.8) is 0 Å². The van der Waals surface area contributed by atoms with E-state index in [9.17, 15) is 4.79 Å². The molecule has 24 heavy (non-hydrogen) atoms. The van der Waals surface area contributed by atoms with Crippen molar-refractivity contribution in [3.8, 4) is 5.75 Å². The van der Waals surface area contributed by atoms with Gasteiger partial charge in [0, 0.05) is 24.6 Å². The molecule has 0 unspecified atom stereocenters. The minimum Gasteiger partial charge on any atom is -0.487 e. The van der Waals surface area contributed by atoms with E-state index in [1.807, 2.05) is 31.6 Å². The number of aromatic nitrogens is 2. The molecule has 0 atom stereocenters. The van der Waals surface area contributed by atoms with Crippen molar-refractivity contribution in [2.75, 3.05) is 0 Å². The maximum Gasteiger partial charge on any atom is 0.137 e. The molecule has 4 nitrogen and oxygen atoms in total. The number of ether oxygens (including phenoxy) is 1. The zero-order valence-corrected chi connectivity index (χ0v) is 15.4. The van der Waals surface area contributed by atoms with Crippen molar-refractivity contribution in [3.05, 3.63) is 46.1 Å². The van der Waals surface area contributed by atoms with Crippen LogP contribution in [0.25, 0.3) is 10.1 Å². The number of ketones is 1. The van der Waals surface area contributed by atoms with Gasteiger partial charge in [-0.3, -0.25) is 9.48 Å². The van der Waals surface area contributed by atoms with Crippen LogP contribution < -0.4 is 4.74 Å². The summed E-state index contributed by atoms with van der Waals surface area (Å²) >= 11 is 1.67. The number of hydrogen-bond donors (Lipinski definition) is 0. The summed E-state index contributed by atoms with van der Waals surface area (Å²) in [6.07, 6.45) is 1.10. The van der Waals surface area contributed by atoms with Crippen molar-refractivity contribution < 1.29 is 9.53 Å². The van der Waals surface area contributed by atoms with E-state index in [1.54, 1.807) is 11.3 Å². The molecule has 2 aromatic heterocycles. The summed E-state index contributed by atoms with van der Waals surface area (Å²) in [5, 5.41) is 7.63. The van der Waals surface area contributed by atoms with Gasteiger partial charge in [-0.1, -0.05) is 6.92 Å². The summed E-state index contributed by atoms with van der Waals surface area (Å²) < 4.78 is 8.98. The van der Waals surface area contributed by atoms with E-state index in [2.05, 4.69) is 29.5 Å². The van der Waals surface area contributed by atoms with Gasteiger partial charge in [0.2, 0.25) is 0 Å². The lowest BCUT2D eigenvalue weighted by Gasteiger charge is -2.09. The number of Topliss-reactive ketones (excluding diaryl/α,β-unsaturated/α-hetero) is 1. The number of rotatable bonds is 6. The highest BCUT2D eigenvalue weighted by Crippen LogP contribution is 2.33. The molecule has 2 heterocycles. The zero-order chi connectivity index (χ0) is 17.3. The Morgan fingerprint density at radius 2 is 2.08 bits per heavy atom. The maximum absolute atomic E-state index is 11.8. The monoisotopic (exact) mass is 342 g/mol. The lowest BCUT2D eigenvalue weighted by molar-refractivity contribution is -0.118. The van der Waals surface area contributed by atoms with E-state index in [1.165, 1.54) is 10.1 Å². The van der Waals surface area contributed by atoms with E-state index in [0.29, 0.717) is 19.4 Å². The molecular weight excluding hydrogens is 320 g/mol.